The molecule has 1 aromatic rings. The molecule has 0 aliphatic heterocycles. The van der Waals surface area contributed by atoms with E-state index in [0.717, 1.165) is 0 Å². The minimum absolute atomic E-state index is 0.111. The first kappa shape index (κ1) is 9.73. The Balaban J connectivity index is 3.01. The molecule has 0 aliphatic carbocycles. The largest absolute Gasteiger partial charge is 0.396 e. The number of nitrogen functional groups attached to an aromatic ring is 1. The van der Waals surface area contributed by atoms with Crippen molar-refractivity contribution in [3.63, 3.8) is 0 Å². The number of aromatic nitrogens is 2. The molecule has 0 amide bonds. The number of nitrogens with zero attached hydrogens (tertiary/aromatic N) is 2. The summed E-state index contributed by atoms with van der Waals surface area (Å²) in [6.07, 6.45) is 0.293. The summed E-state index contributed by atoms with van der Waals surface area (Å²) in [5, 5.41) is 4.01. The van der Waals surface area contributed by atoms with Gasteiger partial charge in [-0.1, -0.05) is 0 Å². The van der Waals surface area contributed by atoms with Crippen LogP contribution in [0.25, 0.3) is 0 Å². The molecule has 0 radical (unpaired) electrons. The van der Waals surface area contributed by atoms with Crippen LogP contribution in [0.5, 0.6) is 0 Å². The zero-order valence-corrected chi connectivity index (χ0v) is 7.87. The van der Waals surface area contributed by atoms with E-state index in [1.165, 1.54) is 4.68 Å². The Morgan fingerprint density at radius 1 is 1.54 bits per heavy atom. The number of hydrogen-bond donors (Lipinski definition) is 2. The fourth-order valence-corrected chi connectivity index (χ4v) is 1.13. The molecule has 72 valence electrons. The number of anilines is 1. The van der Waals surface area contributed by atoms with Gasteiger partial charge in [-0.05, 0) is 13.8 Å². The fraction of sp³-hybridized carbons (Fsp3) is 0.500. The second-order valence-corrected chi connectivity index (χ2v) is 2.93. The Morgan fingerprint density at radius 3 is 2.54 bits per heavy atom. The normalized spacial score (nSPS) is 10.4. The van der Waals surface area contributed by atoms with Crippen LogP contribution in [-0.2, 0) is 0 Å². The monoisotopic (exact) mass is 182 g/mol. The van der Waals surface area contributed by atoms with Crippen molar-refractivity contribution >= 4 is 11.6 Å². The zero-order valence-electron chi connectivity index (χ0n) is 7.87. The molecule has 0 aromatic carbocycles. The van der Waals surface area contributed by atoms with E-state index < -0.39 is 0 Å². The highest BCUT2D eigenvalue weighted by atomic mass is 16.2. The summed E-state index contributed by atoms with van der Waals surface area (Å²) in [5.41, 5.74) is 12.9. The van der Waals surface area contributed by atoms with Crippen molar-refractivity contribution < 1.29 is 4.79 Å². The smallest absolute Gasteiger partial charge is 0.248 e. The molecule has 0 saturated carbocycles. The Labute approximate surface area is 76.7 Å². The second kappa shape index (κ2) is 3.57. The van der Waals surface area contributed by atoms with E-state index in [0.29, 0.717) is 30.0 Å². The molecule has 0 aliphatic rings. The maximum Gasteiger partial charge on any atom is 0.248 e. The van der Waals surface area contributed by atoms with Crippen LogP contribution in [-0.4, -0.2) is 22.2 Å². The van der Waals surface area contributed by atoms with Gasteiger partial charge in [-0.3, -0.25) is 4.79 Å². The van der Waals surface area contributed by atoms with Gasteiger partial charge in [-0.25, -0.2) is 4.68 Å². The number of aryl methyl sites for hydroxylation is 1. The maximum absolute atomic E-state index is 11.4. The lowest BCUT2D eigenvalue weighted by Crippen LogP contribution is -2.18. The minimum Gasteiger partial charge on any atom is -0.396 e. The van der Waals surface area contributed by atoms with Gasteiger partial charge in [0.05, 0.1) is 17.1 Å². The molecular weight excluding hydrogens is 168 g/mol. The van der Waals surface area contributed by atoms with Crippen LogP contribution < -0.4 is 11.5 Å². The summed E-state index contributed by atoms with van der Waals surface area (Å²) < 4.78 is 1.32. The van der Waals surface area contributed by atoms with Crippen molar-refractivity contribution in [1.29, 1.82) is 0 Å². The summed E-state index contributed by atoms with van der Waals surface area (Å²) in [4.78, 5) is 11.4. The van der Waals surface area contributed by atoms with Crippen LogP contribution in [0.2, 0.25) is 0 Å². The molecule has 0 bridgehead atoms. The molecule has 1 heterocycles. The van der Waals surface area contributed by atoms with Gasteiger partial charge in [0.2, 0.25) is 5.91 Å². The lowest BCUT2D eigenvalue weighted by molar-refractivity contribution is 0.0887. The quantitative estimate of drug-likeness (QED) is 0.677. The van der Waals surface area contributed by atoms with Crippen LogP contribution in [0.4, 0.5) is 5.69 Å². The van der Waals surface area contributed by atoms with Gasteiger partial charge in [0.1, 0.15) is 0 Å². The molecule has 4 N–H and O–H groups in total. The van der Waals surface area contributed by atoms with Crippen molar-refractivity contribution in [2.45, 2.75) is 20.3 Å². The molecule has 5 nitrogen and oxygen atoms in total. The van der Waals surface area contributed by atoms with Crippen LogP contribution >= 0.6 is 0 Å². The molecular formula is C8H14N4O. The molecule has 1 aromatic heterocycles. The van der Waals surface area contributed by atoms with Gasteiger partial charge in [0.15, 0.2) is 0 Å². The number of carbonyl (C=O) groups excluding carboxylic acids is 1. The average Bonchev–Trinajstić information content (AvgIpc) is 2.33. The highest BCUT2D eigenvalue weighted by Crippen LogP contribution is 2.14. The van der Waals surface area contributed by atoms with E-state index >= 15 is 0 Å². The molecule has 1 rings (SSSR count). The Hall–Kier alpha value is -1.36. The van der Waals surface area contributed by atoms with Crippen molar-refractivity contribution in [3.05, 3.63) is 11.4 Å². The lowest BCUT2D eigenvalue weighted by Gasteiger charge is -2.00. The molecule has 0 atom stereocenters. The van der Waals surface area contributed by atoms with Gasteiger partial charge >= 0.3 is 0 Å². The SMILES string of the molecule is Cc1nn(C(=O)CCN)c(C)c1N. The van der Waals surface area contributed by atoms with Crippen molar-refractivity contribution in [2.24, 2.45) is 5.73 Å². The topological polar surface area (TPSA) is 86.9 Å². The molecule has 0 saturated heterocycles. The molecule has 13 heavy (non-hydrogen) atoms. The first-order valence-corrected chi connectivity index (χ1v) is 4.13. The predicted molar refractivity (Wildman–Crippen MR) is 50.4 cm³/mol. The molecule has 5 heteroatoms. The number of hydrogen-bond acceptors (Lipinski definition) is 4. The molecule has 0 fully saturated rings. The Kier molecular flexibility index (Phi) is 2.67. The first-order chi connectivity index (χ1) is 6.07. The third-order valence-corrected chi connectivity index (χ3v) is 1.94. The minimum atomic E-state index is -0.111. The fourth-order valence-electron chi connectivity index (χ4n) is 1.13. The van der Waals surface area contributed by atoms with Gasteiger partial charge in [0, 0.05) is 13.0 Å². The highest BCUT2D eigenvalue weighted by molar-refractivity contribution is 5.80. The average molecular weight is 182 g/mol. The lowest BCUT2D eigenvalue weighted by atomic mass is 10.3. The highest BCUT2D eigenvalue weighted by Gasteiger charge is 2.12. The summed E-state index contributed by atoms with van der Waals surface area (Å²) in [6.45, 7) is 3.87. The van der Waals surface area contributed by atoms with E-state index in [1.54, 1.807) is 13.8 Å². The van der Waals surface area contributed by atoms with Gasteiger partial charge in [-0.15, -0.1) is 0 Å². The van der Waals surface area contributed by atoms with Gasteiger partial charge in [0.25, 0.3) is 0 Å². The third kappa shape index (κ3) is 1.70. The summed E-state index contributed by atoms with van der Waals surface area (Å²) in [5.74, 6) is -0.111. The summed E-state index contributed by atoms with van der Waals surface area (Å²) in [7, 11) is 0. The summed E-state index contributed by atoms with van der Waals surface area (Å²) in [6, 6.07) is 0. The molecule has 0 unspecified atom stereocenters. The first-order valence-electron chi connectivity index (χ1n) is 4.13. The van der Waals surface area contributed by atoms with Crippen LogP contribution in [0.15, 0.2) is 0 Å². The summed E-state index contributed by atoms with van der Waals surface area (Å²) >= 11 is 0. The zero-order chi connectivity index (χ0) is 10.0. The van der Waals surface area contributed by atoms with Gasteiger partial charge in [-0.2, -0.15) is 5.10 Å². The number of rotatable bonds is 2. The number of nitrogens with two attached hydrogens (primary N) is 2. The Bertz CT molecular complexity index is 329. The predicted octanol–water partition coefficient (Wildman–Crippen LogP) is 0.0711. The third-order valence-electron chi connectivity index (χ3n) is 1.94. The van der Waals surface area contributed by atoms with E-state index in [9.17, 15) is 4.79 Å². The van der Waals surface area contributed by atoms with Crippen molar-refractivity contribution in [3.8, 4) is 0 Å². The van der Waals surface area contributed by atoms with Gasteiger partial charge < -0.3 is 11.5 Å². The van der Waals surface area contributed by atoms with Crippen molar-refractivity contribution in [1.82, 2.24) is 9.78 Å². The van der Waals surface area contributed by atoms with Crippen LogP contribution in [0.1, 0.15) is 22.6 Å². The number of carbonyl (C=O) groups is 1. The van der Waals surface area contributed by atoms with E-state index in [1.807, 2.05) is 0 Å². The molecule has 0 spiro atoms. The van der Waals surface area contributed by atoms with Crippen LogP contribution in [0.3, 0.4) is 0 Å². The second-order valence-electron chi connectivity index (χ2n) is 2.93. The standard InChI is InChI=1S/C8H14N4O/c1-5-8(10)6(2)12(11-5)7(13)3-4-9/h3-4,9-10H2,1-2H3. The maximum atomic E-state index is 11.4. The Morgan fingerprint density at radius 2 is 2.15 bits per heavy atom. The van der Waals surface area contributed by atoms with Crippen LogP contribution in [0, 0.1) is 13.8 Å². The van der Waals surface area contributed by atoms with E-state index in [2.05, 4.69) is 5.10 Å². The van der Waals surface area contributed by atoms with E-state index in [-0.39, 0.29) is 5.91 Å². The van der Waals surface area contributed by atoms with E-state index in [4.69, 9.17) is 11.5 Å². The van der Waals surface area contributed by atoms with Crippen molar-refractivity contribution in [2.75, 3.05) is 12.3 Å².